The van der Waals surface area contributed by atoms with E-state index >= 15 is 0 Å². The lowest BCUT2D eigenvalue weighted by Crippen LogP contribution is -1.91. The maximum absolute atomic E-state index is 10.6. The van der Waals surface area contributed by atoms with Crippen LogP contribution in [0.2, 0.25) is 0 Å². The Balaban J connectivity index is 3.17. The molecular weight excluding hydrogens is 218 g/mol. The fraction of sp³-hybridized carbons (Fsp3) is 0.111. The van der Waals surface area contributed by atoms with Crippen LogP contribution in [0.15, 0.2) is 27.7 Å². The summed E-state index contributed by atoms with van der Waals surface area (Å²) in [5.41, 5.74) is 1.55. The van der Waals surface area contributed by atoms with Crippen molar-refractivity contribution in [1.29, 1.82) is 0 Å². The Morgan fingerprint density at radius 1 is 1.58 bits per heavy atom. The minimum atomic E-state index is 0.480. The predicted octanol–water partition coefficient (Wildman–Crippen LogP) is 2.46. The number of aliphatic imine (C=N–C) groups is 1. The van der Waals surface area contributed by atoms with E-state index in [1.54, 1.807) is 0 Å². The Labute approximate surface area is 79.5 Å². The zero-order valence-corrected chi connectivity index (χ0v) is 8.04. The minimum Gasteiger partial charge on any atom is -0.298 e. The molecule has 0 aliphatic heterocycles. The molecule has 0 aliphatic rings. The topological polar surface area (TPSA) is 29.4 Å². The van der Waals surface area contributed by atoms with E-state index in [0.29, 0.717) is 12.1 Å². The molecule has 0 saturated carbocycles. The summed E-state index contributed by atoms with van der Waals surface area (Å²) in [5.74, 6) is 0. The molecule has 62 valence electrons. The first-order valence-corrected chi connectivity index (χ1v) is 4.24. The highest BCUT2D eigenvalue weighted by atomic mass is 79.9. The third-order valence-corrected chi connectivity index (χ3v) is 2.23. The van der Waals surface area contributed by atoms with Gasteiger partial charge in [-0.3, -0.25) is 9.79 Å². The van der Waals surface area contributed by atoms with Crippen LogP contribution < -0.4 is 0 Å². The standard InChI is InChI=1S/C9H8BrNO/c1-11-5-7-3-2-4-9(10)8(7)6-12/h2-4,6H,1,5H2. The zero-order valence-electron chi connectivity index (χ0n) is 6.46. The molecule has 0 heterocycles. The molecule has 0 bridgehead atoms. The van der Waals surface area contributed by atoms with E-state index in [4.69, 9.17) is 0 Å². The van der Waals surface area contributed by atoms with Crippen molar-refractivity contribution in [3.8, 4) is 0 Å². The number of benzene rings is 1. The molecule has 12 heavy (non-hydrogen) atoms. The van der Waals surface area contributed by atoms with Crippen molar-refractivity contribution in [3.63, 3.8) is 0 Å². The highest BCUT2D eigenvalue weighted by Crippen LogP contribution is 2.19. The van der Waals surface area contributed by atoms with E-state index in [0.717, 1.165) is 16.3 Å². The number of halogens is 1. The molecule has 0 fully saturated rings. The van der Waals surface area contributed by atoms with Gasteiger partial charge in [0.1, 0.15) is 0 Å². The summed E-state index contributed by atoms with van der Waals surface area (Å²) >= 11 is 3.28. The molecule has 0 amide bonds. The van der Waals surface area contributed by atoms with Crippen LogP contribution in [0.4, 0.5) is 0 Å². The molecular formula is C9H8BrNO. The Morgan fingerprint density at radius 3 is 2.92 bits per heavy atom. The van der Waals surface area contributed by atoms with Gasteiger partial charge in [0.05, 0.1) is 6.54 Å². The van der Waals surface area contributed by atoms with E-state index in [1.165, 1.54) is 0 Å². The van der Waals surface area contributed by atoms with E-state index in [1.807, 2.05) is 18.2 Å². The number of aldehydes is 1. The fourth-order valence-electron chi connectivity index (χ4n) is 0.972. The first-order valence-electron chi connectivity index (χ1n) is 3.44. The summed E-state index contributed by atoms with van der Waals surface area (Å²) in [4.78, 5) is 14.4. The Hall–Kier alpha value is -0.960. The van der Waals surface area contributed by atoms with Gasteiger partial charge in [0.2, 0.25) is 0 Å². The van der Waals surface area contributed by atoms with Gasteiger partial charge in [-0.2, -0.15) is 0 Å². The molecule has 0 atom stereocenters. The summed E-state index contributed by atoms with van der Waals surface area (Å²) in [5, 5.41) is 0. The first kappa shape index (κ1) is 9.13. The van der Waals surface area contributed by atoms with Crippen LogP contribution in [0.25, 0.3) is 0 Å². The molecule has 0 spiro atoms. The third kappa shape index (κ3) is 1.80. The molecule has 0 aromatic heterocycles. The van der Waals surface area contributed by atoms with Crippen molar-refractivity contribution in [3.05, 3.63) is 33.8 Å². The van der Waals surface area contributed by atoms with Gasteiger partial charge in [-0.1, -0.05) is 28.1 Å². The molecule has 1 aromatic rings. The second-order valence-electron chi connectivity index (χ2n) is 2.31. The van der Waals surface area contributed by atoms with Crippen molar-refractivity contribution in [2.75, 3.05) is 0 Å². The third-order valence-electron chi connectivity index (χ3n) is 1.54. The second-order valence-corrected chi connectivity index (χ2v) is 3.17. The van der Waals surface area contributed by atoms with Crippen molar-refractivity contribution < 1.29 is 4.79 Å². The molecule has 2 nitrogen and oxygen atoms in total. The van der Waals surface area contributed by atoms with Gasteiger partial charge in [-0.25, -0.2) is 0 Å². The van der Waals surface area contributed by atoms with Gasteiger partial charge >= 0.3 is 0 Å². The monoisotopic (exact) mass is 225 g/mol. The van der Waals surface area contributed by atoms with Gasteiger partial charge in [0, 0.05) is 10.0 Å². The lowest BCUT2D eigenvalue weighted by molar-refractivity contribution is 0.112. The van der Waals surface area contributed by atoms with Gasteiger partial charge < -0.3 is 0 Å². The van der Waals surface area contributed by atoms with E-state index in [-0.39, 0.29) is 0 Å². The van der Waals surface area contributed by atoms with Crippen LogP contribution in [0.3, 0.4) is 0 Å². The summed E-state index contributed by atoms with van der Waals surface area (Å²) < 4.78 is 0.804. The maximum Gasteiger partial charge on any atom is 0.151 e. The highest BCUT2D eigenvalue weighted by Gasteiger charge is 2.03. The molecule has 0 saturated heterocycles. The van der Waals surface area contributed by atoms with E-state index in [2.05, 4.69) is 27.6 Å². The fourth-order valence-corrected chi connectivity index (χ4v) is 1.47. The Kier molecular flexibility index (Phi) is 3.17. The van der Waals surface area contributed by atoms with Gasteiger partial charge in [-0.15, -0.1) is 0 Å². The summed E-state index contributed by atoms with van der Waals surface area (Å²) in [6, 6.07) is 5.57. The second kappa shape index (κ2) is 4.16. The van der Waals surface area contributed by atoms with Crippen LogP contribution in [-0.2, 0) is 6.54 Å². The summed E-state index contributed by atoms with van der Waals surface area (Å²) in [6.07, 6.45) is 0.824. The quantitative estimate of drug-likeness (QED) is 0.575. The average molecular weight is 226 g/mol. The van der Waals surface area contributed by atoms with Crippen LogP contribution in [0, 0.1) is 0 Å². The van der Waals surface area contributed by atoms with Gasteiger partial charge in [0.25, 0.3) is 0 Å². The minimum absolute atomic E-state index is 0.480. The average Bonchev–Trinajstić information content (AvgIpc) is 2.05. The van der Waals surface area contributed by atoms with Crippen molar-refractivity contribution >= 4 is 28.9 Å². The van der Waals surface area contributed by atoms with Crippen LogP contribution in [0.5, 0.6) is 0 Å². The molecule has 0 aliphatic carbocycles. The summed E-state index contributed by atoms with van der Waals surface area (Å²) in [6.45, 7) is 3.86. The molecule has 0 N–H and O–H groups in total. The summed E-state index contributed by atoms with van der Waals surface area (Å²) in [7, 11) is 0. The van der Waals surface area contributed by atoms with Crippen molar-refractivity contribution in [2.24, 2.45) is 4.99 Å². The number of rotatable bonds is 3. The molecule has 0 unspecified atom stereocenters. The van der Waals surface area contributed by atoms with Crippen LogP contribution in [0.1, 0.15) is 15.9 Å². The smallest absolute Gasteiger partial charge is 0.151 e. The number of hydrogen-bond acceptors (Lipinski definition) is 2. The number of nitrogens with zero attached hydrogens (tertiary/aromatic N) is 1. The lowest BCUT2D eigenvalue weighted by Gasteiger charge is -2.02. The molecule has 0 radical (unpaired) electrons. The lowest BCUT2D eigenvalue weighted by atomic mass is 10.1. The highest BCUT2D eigenvalue weighted by molar-refractivity contribution is 9.10. The normalized spacial score (nSPS) is 9.42. The van der Waals surface area contributed by atoms with E-state index in [9.17, 15) is 4.79 Å². The SMILES string of the molecule is C=NCc1cccc(Br)c1C=O. The van der Waals surface area contributed by atoms with Crippen LogP contribution in [-0.4, -0.2) is 13.0 Å². The Bertz CT molecular complexity index is 309. The predicted molar refractivity (Wildman–Crippen MR) is 52.8 cm³/mol. The van der Waals surface area contributed by atoms with Gasteiger partial charge in [0.15, 0.2) is 6.29 Å². The van der Waals surface area contributed by atoms with Crippen LogP contribution >= 0.6 is 15.9 Å². The molecule has 3 heteroatoms. The van der Waals surface area contributed by atoms with Crippen molar-refractivity contribution in [2.45, 2.75) is 6.54 Å². The molecule has 1 aromatic carbocycles. The largest absolute Gasteiger partial charge is 0.298 e. The van der Waals surface area contributed by atoms with E-state index < -0.39 is 0 Å². The first-order chi connectivity index (χ1) is 5.79. The Morgan fingerprint density at radius 2 is 2.33 bits per heavy atom. The number of carbonyl (C=O) groups excluding carboxylic acids is 1. The van der Waals surface area contributed by atoms with Crippen molar-refractivity contribution in [1.82, 2.24) is 0 Å². The number of hydrogen-bond donors (Lipinski definition) is 0. The molecule has 1 rings (SSSR count). The van der Waals surface area contributed by atoms with Gasteiger partial charge in [-0.05, 0) is 18.3 Å². The zero-order chi connectivity index (χ0) is 8.97. The number of carbonyl (C=O) groups is 1. The maximum atomic E-state index is 10.6.